The van der Waals surface area contributed by atoms with E-state index in [0.29, 0.717) is 23.0 Å². The maximum absolute atomic E-state index is 5.38. The lowest BCUT2D eigenvalue weighted by molar-refractivity contribution is 0.394. The standard InChI is InChI=1S/C19H16N4O2/c1-24-14-8-13(9-15(10-14)25-2)16-17-19(21-11-20-17)23-18(22-16)12-6-4-3-5-7-12/h3-11H,1-2H3,(H,20,21,22,23). The molecule has 0 unspecified atom stereocenters. The normalized spacial score (nSPS) is 10.8. The van der Waals surface area contributed by atoms with Crippen LogP contribution < -0.4 is 9.47 Å². The van der Waals surface area contributed by atoms with E-state index >= 15 is 0 Å². The van der Waals surface area contributed by atoms with Gasteiger partial charge in [0, 0.05) is 17.2 Å². The number of hydrogen-bond acceptors (Lipinski definition) is 5. The Morgan fingerprint density at radius 2 is 1.56 bits per heavy atom. The maximum Gasteiger partial charge on any atom is 0.181 e. The third-order valence-electron chi connectivity index (χ3n) is 3.94. The average Bonchev–Trinajstić information content (AvgIpc) is 3.16. The van der Waals surface area contributed by atoms with Crippen molar-refractivity contribution in [3.05, 3.63) is 54.9 Å². The van der Waals surface area contributed by atoms with Crippen LogP contribution in [-0.4, -0.2) is 34.2 Å². The quantitative estimate of drug-likeness (QED) is 0.617. The summed E-state index contributed by atoms with van der Waals surface area (Å²) in [6.45, 7) is 0. The summed E-state index contributed by atoms with van der Waals surface area (Å²) in [6, 6.07) is 15.5. The molecule has 0 bridgehead atoms. The Morgan fingerprint density at radius 3 is 2.24 bits per heavy atom. The molecule has 1 N–H and O–H groups in total. The Labute approximate surface area is 144 Å². The van der Waals surface area contributed by atoms with E-state index in [4.69, 9.17) is 14.5 Å². The van der Waals surface area contributed by atoms with Gasteiger partial charge in [-0.25, -0.2) is 15.0 Å². The SMILES string of the molecule is COc1cc(OC)cc(-c2nc(-c3ccccc3)nc3nc[nH]c23)c1. The number of ether oxygens (including phenoxy) is 2. The predicted molar refractivity (Wildman–Crippen MR) is 95.7 cm³/mol. The van der Waals surface area contributed by atoms with Crippen LogP contribution in [-0.2, 0) is 0 Å². The summed E-state index contributed by atoms with van der Waals surface area (Å²) in [4.78, 5) is 16.8. The second kappa shape index (κ2) is 6.24. The Bertz CT molecular complexity index is 1010. The molecule has 0 aliphatic heterocycles. The van der Waals surface area contributed by atoms with Crippen LogP contribution in [0.15, 0.2) is 54.9 Å². The highest BCUT2D eigenvalue weighted by Gasteiger charge is 2.15. The van der Waals surface area contributed by atoms with E-state index in [0.717, 1.165) is 22.3 Å². The number of rotatable bonds is 4. The van der Waals surface area contributed by atoms with Crippen LogP contribution in [0.4, 0.5) is 0 Å². The monoisotopic (exact) mass is 332 g/mol. The second-order valence-corrected chi connectivity index (χ2v) is 5.46. The number of benzene rings is 2. The summed E-state index contributed by atoms with van der Waals surface area (Å²) in [5.74, 6) is 2.01. The molecule has 25 heavy (non-hydrogen) atoms. The molecule has 6 nitrogen and oxygen atoms in total. The summed E-state index contributed by atoms with van der Waals surface area (Å²) < 4.78 is 10.8. The fraction of sp³-hybridized carbons (Fsp3) is 0.105. The number of H-pyrrole nitrogens is 1. The minimum Gasteiger partial charge on any atom is -0.497 e. The van der Waals surface area contributed by atoms with Gasteiger partial charge in [-0.2, -0.15) is 0 Å². The Hall–Kier alpha value is -3.41. The van der Waals surface area contributed by atoms with Gasteiger partial charge >= 0.3 is 0 Å². The van der Waals surface area contributed by atoms with Gasteiger partial charge in [0.05, 0.1) is 20.5 Å². The highest BCUT2D eigenvalue weighted by atomic mass is 16.5. The van der Waals surface area contributed by atoms with Crippen molar-refractivity contribution >= 4 is 11.2 Å². The maximum atomic E-state index is 5.38. The molecular formula is C19H16N4O2. The largest absolute Gasteiger partial charge is 0.497 e. The number of fused-ring (bicyclic) bond motifs is 1. The summed E-state index contributed by atoms with van der Waals surface area (Å²) in [6.07, 6.45) is 1.62. The number of nitrogens with zero attached hydrogens (tertiary/aromatic N) is 3. The molecule has 0 amide bonds. The molecule has 2 aromatic carbocycles. The van der Waals surface area contributed by atoms with E-state index < -0.39 is 0 Å². The fourth-order valence-corrected chi connectivity index (χ4v) is 2.70. The third-order valence-corrected chi connectivity index (χ3v) is 3.94. The first-order valence-electron chi connectivity index (χ1n) is 7.78. The van der Waals surface area contributed by atoms with Crippen LogP contribution >= 0.6 is 0 Å². The summed E-state index contributed by atoms with van der Waals surface area (Å²) in [5, 5.41) is 0. The minimum atomic E-state index is 0.616. The summed E-state index contributed by atoms with van der Waals surface area (Å²) in [5.41, 5.74) is 3.94. The first-order chi connectivity index (χ1) is 12.3. The summed E-state index contributed by atoms with van der Waals surface area (Å²) in [7, 11) is 3.25. The number of aromatic nitrogens is 4. The Kier molecular flexibility index (Phi) is 3.78. The molecule has 0 atom stereocenters. The molecule has 0 saturated carbocycles. The van der Waals surface area contributed by atoms with Crippen molar-refractivity contribution in [3.63, 3.8) is 0 Å². The van der Waals surface area contributed by atoms with Gasteiger partial charge in [-0.1, -0.05) is 30.3 Å². The topological polar surface area (TPSA) is 72.9 Å². The molecule has 0 radical (unpaired) electrons. The smallest absolute Gasteiger partial charge is 0.181 e. The van der Waals surface area contributed by atoms with Crippen molar-refractivity contribution < 1.29 is 9.47 Å². The first kappa shape index (κ1) is 15.1. The molecule has 2 aromatic heterocycles. The average molecular weight is 332 g/mol. The number of imidazole rings is 1. The van der Waals surface area contributed by atoms with Crippen LogP contribution in [0, 0.1) is 0 Å². The fourth-order valence-electron chi connectivity index (χ4n) is 2.70. The van der Waals surface area contributed by atoms with Gasteiger partial charge in [0.15, 0.2) is 11.5 Å². The van der Waals surface area contributed by atoms with E-state index in [9.17, 15) is 0 Å². The molecular weight excluding hydrogens is 316 g/mol. The van der Waals surface area contributed by atoms with Gasteiger partial charge in [0.1, 0.15) is 22.7 Å². The van der Waals surface area contributed by atoms with Crippen molar-refractivity contribution in [1.29, 1.82) is 0 Å². The molecule has 4 rings (SSSR count). The zero-order valence-corrected chi connectivity index (χ0v) is 13.9. The molecule has 0 fully saturated rings. The Morgan fingerprint density at radius 1 is 0.840 bits per heavy atom. The van der Waals surface area contributed by atoms with Crippen LogP contribution in [0.5, 0.6) is 11.5 Å². The summed E-state index contributed by atoms with van der Waals surface area (Å²) >= 11 is 0. The van der Waals surface area contributed by atoms with Gasteiger partial charge in [0.25, 0.3) is 0 Å². The molecule has 4 aromatic rings. The lowest BCUT2D eigenvalue weighted by atomic mass is 10.1. The van der Waals surface area contributed by atoms with Gasteiger partial charge in [-0.05, 0) is 12.1 Å². The molecule has 0 saturated heterocycles. The van der Waals surface area contributed by atoms with Crippen LogP contribution in [0.2, 0.25) is 0 Å². The highest BCUT2D eigenvalue weighted by Crippen LogP contribution is 2.32. The molecule has 0 aliphatic carbocycles. The van der Waals surface area contributed by atoms with E-state index in [-0.39, 0.29) is 0 Å². The zero-order valence-electron chi connectivity index (χ0n) is 13.9. The van der Waals surface area contributed by atoms with Crippen LogP contribution in [0.25, 0.3) is 33.8 Å². The Balaban J connectivity index is 1.97. The molecule has 0 aliphatic rings. The number of aromatic amines is 1. The first-order valence-corrected chi connectivity index (χ1v) is 7.78. The molecule has 2 heterocycles. The molecule has 6 heteroatoms. The zero-order chi connectivity index (χ0) is 17.2. The van der Waals surface area contributed by atoms with Gasteiger partial charge in [-0.3, -0.25) is 0 Å². The lowest BCUT2D eigenvalue weighted by Crippen LogP contribution is -1.96. The number of hydrogen-bond donors (Lipinski definition) is 1. The molecule has 0 spiro atoms. The van der Waals surface area contributed by atoms with Crippen LogP contribution in [0.1, 0.15) is 0 Å². The van der Waals surface area contributed by atoms with Crippen molar-refractivity contribution in [2.75, 3.05) is 14.2 Å². The van der Waals surface area contributed by atoms with E-state index in [1.807, 2.05) is 48.5 Å². The number of nitrogens with one attached hydrogen (secondary N) is 1. The van der Waals surface area contributed by atoms with E-state index in [2.05, 4.69) is 15.0 Å². The predicted octanol–water partition coefficient (Wildman–Crippen LogP) is 3.70. The minimum absolute atomic E-state index is 0.616. The van der Waals surface area contributed by atoms with Crippen molar-refractivity contribution in [2.24, 2.45) is 0 Å². The van der Waals surface area contributed by atoms with Gasteiger partial charge < -0.3 is 14.5 Å². The van der Waals surface area contributed by atoms with Crippen molar-refractivity contribution in [3.8, 4) is 34.1 Å². The van der Waals surface area contributed by atoms with E-state index in [1.54, 1.807) is 20.5 Å². The van der Waals surface area contributed by atoms with Gasteiger partial charge in [-0.15, -0.1) is 0 Å². The second-order valence-electron chi connectivity index (χ2n) is 5.46. The van der Waals surface area contributed by atoms with Gasteiger partial charge in [0.2, 0.25) is 0 Å². The highest BCUT2D eigenvalue weighted by molar-refractivity contribution is 5.89. The molecule has 124 valence electrons. The van der Waals surface area contributed by atoms with Crippen molar-refractivity contribution in [1.82, 2.24) is 19.9 Å². The third kappa shape index (κ3) is 2.78. The van der Waals surface area contributed by atoms with E-state index in [1.165, 1.54) is 0 Å². The van der Waals surface area contributed by atoms with Crippen LogP contribution in [0.3, 0.4) is 0 Å². The lowest BCUT2D eigenvalue weighted by Gasteiger charge is -2.10. The number of methoxy groups -OCH3 is 2. The van der Waals surface area contributed by atoms with Crippen molar-refractivity contribution in [2.45, 2.75) is 0 Å².